The smallest absolute Gasteiger partial charge is 0.398 e. The fraction of sp³-hybridized carbons (Fsp3) is 0.389. The summed E-state index contributed by atoms with van der Waals surface area (Å²) in [6.07, 6.45) is 0.122. The molecule has 3 aromatic rings. The van der Waals surface area contributed by atoms with Gasteiger partial charge in [0.25, 0.3) is 5.91 Å². The molecule has 2 unspecified atom stereocenters. The van der Waals surface area contributed by atoms with Crippen LogP contribution in [0.25, 0.3) is 0 Å². The molecule has 0 radical (unpaired) electrons. The van der Waals surface area contributed by atoms with Gasteiger partial charge in [0, 0.05) is 31.8 Å². The minimum Gasteiger partial charge on any atom is -0.495 e. The molecular formula is C36H41FN2O10. The predicted octanol–water partition coefficient (Wildman–Crippen LogP) is 4.42. The highest BCUT2D eigenvalue weighted by molar-refractivity contribution is 6.11. The molecule has 1 aliphatic rings. The molecule has 1 fully saturated rings. The lowest BCUT2D eigenvalue weighted by atomic mass is 9.97. The van der Waals surface area contributed by atoms with Crippen LogP contribution in [0.2, 0.25) is 0 Å². The second-order valence-electron chi connectivity index (χ2n) is 11.8. The molecule has 1 heterocycles. The number of quaternary nitrogens is 1. The van der Waals surface area contributed by atoms with E-state index >= 15 is 4.39 Å². The van der Waals surface area contributed by atoms with Crippen molar-refractivity contribution in [2.24, 2.45) is 0 Å². The Morgan fingerprint density at radius 1 is 0.898 bits per heavy atom. The fourth-order valence-electron chi connectivity index (χ4n) is 5.84. The number of aryl methyl sites for hydroxylation is 3. The van der Waals surface area contributed by atoms with Gasteiger partial charge in [-0.15, -0.1) is 0 Å². The van der Waals surface area contributed by atoms with Crippen molar-refractivity contribution in [2.75, 3.05) is 40.9 Å². The van der Waals surface area contributed by atoms with Crippen molar-refractivity contribution in [3.63, 3.8) is 0 Å². The zero-order valence-corrected chi connectivity index (χ0v) is 28.3. The Bertz CT molecular complexity index is 1670. The summed E-state index contributed by atoms with van der Waals surface area (Å²) in [7, 11) is 2.90. The summed E-state index contributed by atoms with van der Waals surface area (Å²) in [6.45, 7) is 4.88. The highest BCUT2D eigenvalue weighted by atomic mass is 19.1. The number of methoxy groups -OCH3 is 2. The third-order valence-corrected chi connectivity index (χ3v) is 8.31. The Balaban J connectivity index is 1.51. The van der Waals surface area contributed by atoms with Crippen LogP contribution in [0.4, 0.5) is 9.18 Å². The molecule has 0 spiro atoms. The SMILES string of the molecule is CCc1ccc(OCOC)c(C(=O)c2ccc(C(=O)O[N+]3(C(=O)[O-])CCCCC(NC(=O)c4cc(C)c(OCOC)c(C)c4)C3)cc2)c1F. The Kier molecular flexibility index (Phi) is 12.5. The number of hydrogen-bond acceptors (Lipinski definition) is 10. The van der Waals surface area contributed by atoms with Crippen LogP contribution in [0.3, 0.4) is 0 Å². The van der Waals surface area contributed by atoms with Gasteiger partial charge in [-0.3, -0.25) is 14.4 Å². The molecule has 0 aromatic heterocycles. The summed E-state index contributed by atoms with van der Waals surface area (Å²) in [4.78, 5) is 58.1. The van der Waals surface area contributed by atoms with E-state index in [1.165, 1.54) is 50.6 Å². The second-order valence-corrected chi connectivity index (χ2v) is 11.8. The lowest BCUT2D eigenvalue weighted by Crippen LogP contribution is -2.63. The third kappa shape index (κ3) is 8.60. The average Bonchev–Trinajstić information content (AvgIpc) is 3.29. The maximum absolute atomic E-state index is 15.3. The van der Waals surface area contributed by atoms with Gasteiger partial charge in [-0.1, -0.05) is 29.8 Å². The molecule has 0 aliphatic carbocycles. The number of halogens is 1. The van der Waals surface area contributed by atoms with Gasteiger partial charge in [0.05, 0.1) is 11.6 Å². The number of hydrogen-bond donors (Lipinski definition) is 1. The number of likely N-dealkylation sites (tertiary alicyclic amines) is 1. The Hall–Kier alpha value is -4.85. The summed E-state index contributed by atoms with van der Waals surface area (Å²) in [5.41, 5.74) is 1.89. The molecule has 4 rings (SSSR count). The van der Waals surface area contributed by atoms with Crippen LogP contribution < -0.4 is 19.9 Å². The van der Waals surface area contributed by atoms with E-state index in [-0.39, 0.29) is 49.1 Å². The van der Waals surface area contributed by atoms with E-state index in [2.05, 4.69) is 5.32 Å². The first-order chi connectivity index (χ1) is 23.4. The number of carbonyl (C=O) groups excluding carboxylic acids is 4. The molecule has 2 atom stereocenters. The van der Waals surface area contributed by atoms with Gasteiger partial charge in [-0.2, -0.15) is 0 Å². The second kappa shape index (κ2) is 16.5. The number of benzene rings is 3. The van der Waals surface area contributed by atoms with Gasteiger partial charge in [-0.25, -0.2) is 9.18 Å². The molecular weight excluding hydrogens is 639 g/mol. The molecule has 1 saturated heterocycles. The van der Waals surface area contributed by atoms with E-state index in [0.29, 0.717) is 42.6 Å². The highest BCUT2D eigenvalue weighted by Gasteiger charge is 2.42. The van der Waals surface area contributed by atoms with Crippen molar-refractivity contribution >= 4 is 23.8 Å². The molecule has 0 saturated carbocycles. The minimum absolute atomic E-state index is 0.00613. The van der Waals surface area contributed by atoms with Crippen molar-refractivity contribution in [1.29, 1.82) is 0 Å². The molecule has 1 N–H and O–H groups in total. The molecule has 12 nitrogen and oxygen atoms in total. The van der Waals surface area contributed by atoms with Crippen LogP contribution in [-0.2, 0) is 20.7 Å². The summed E-state index contributed by atoms with van der Waals surface area (Å²) in [5.74, 6) is -2.18. The number of hydroxylamine groups is 3. The van der Waals surface area contributed by atoms with Crippen LogP contribution in [0, 0.1) is 19.7 Å². The van der Waals surface area contributed by atoms with Crippen LogP contribution in [-0.4, -0.2) is 75.3 Å². The Labute approximate surface area is 284 Å². The van der Waals surface area contributed by atoms with Crippen molar-refractivity contribution in [2.45, 2.75) is 52.5 Å². The van der Waals surface area contributed by atoms with Gasteiger partial charge in [-0.05, 0) is 80.1 Å². The van der Waals surface area contributed by atoms with E-state index in [0.717, 1.165) is 11.1 Å². The number of amides is 2. The standard InChI is InChI=1S/C36H41FN2O10/c1-6-24-14-15-29(47-20-45-4)30(31(24)37)32(40)25-10-12-26(13-11-25)35(42)49-39(36(43)44)16-8-7-9-28(19-39)38-34(41)27-17-22(2)33(23(3)18-27)48-21-46-5/h10-15,17-18,28H,6-9,16,19-21H2,1-5H3,(H-,38,41,43,44). The lowest BCUT2D eigenvalue weighted by Gasteiger charge is -2.34. The highest BCUT2D eigenvalue weighted by Crippen LogP contribution is 2.29. The molecule has 49 heavy (non-hydrogen) atoms. The first-order valence-electron chi connectivity index (χ1n) is 15.9. The number of nitrogens with zero attached hydrogens (tertiary/aromatic N) is 1. The predicted molar refractivity (Wildman–Crippen MR) is 172 cm³/mol. The quantitative estimate of drug-likeness (QED) is 0.166. The molecule has 1 aliphatic heterocycles. The van der Waals surface area contributed by atoms with Gasteiger partial charge >= 0.3 is 12.1 Å². The monoisotopic (exact) mass is 680 g/mol. The minimum atomic E-state index is -1.64. The number of rotatable bonds is 12. The molecule has 2 amide bonds. The van der Waals surface area contributed by atoms with Crippen LogP contribution in [0.5, 0.6) is 11.5 Å². The normalized spacial score (nSPS) is 17.5. The zero-order valence-electron chi connectivity index (χ0n) is 28.3. The summed E-state index contributed by atoms with van der Waals surface area (Å²) < 4.78 is 35.0. The topological polar surface area (TPSA) is 150 Å². The number of carboxylic acid groups (broad SMARTS) is 1. The number of carbonyl (C=O) groups is 4. The molecule has 13 heteroatoms. The van der Waals surface area contributed by atoms with Crippen molar-refractivity contribution in [3.8, 4) is 11.5 Å². The fourth-order valence-corrected chi connectivity index (χ4v) is 5.84. The van der Waals surface area contributed by atoms with E-state index in [1.807, 2.05) is 0 Å². The molecule has 3 aromatic carbocycles. The average molecular weight is 681 g/mol. The third-order valence-electron chi connectivity index (χ3n) is 8.31. The van der Waals surface area contributed by atoms with Crippen LogP contribution in [0.1, 0.15) is 79.5 Å². The Morgan fingerprint density at radius 3 is 2.14 bits per heavy atom. The Morgan fingerprint density at radius 2 is 1.53 bits per heavy atom. The van der Waals surface area contributed by atoms with Gasteiger partial charge in [0.1, 0.15) is 36.0 Å². The zero-order chi connectivity index (χ0) is 35.7. The van der Waals surface area contributed by atoms with E-state index in [1.54, 1.807) is 32.9 Å². The van der Waals surface area contributed by atoms with Gasteiger partial charge in [0.15, 0.2) is 19.4 Å². The van der Waals surface area contributed by atoms with Crippen LogP contribution in [0.15, 0.2) is 48.5 Å². The van der Waals surface area contributed by atoms with Crippen molar-refractivity contribution in [1.82, 2.24) is 5.32 Å². The van der Waals surface area contributed by atoms with Gasteiger partial charge in [0.2, 0.25) is 0 Å². The van der Waals surface area contributed by atoms with Crippen molar-refractivity contribution < 1.29 is 57.1 Å². The summed E-state index contributed by atoms with van der Waals surface area (Å²) in [5, 5.41) is 15.4. The van der Waals surface area contributed by atoms with Crippen LogP contribution >= 0.6 is 0 Å². The van der Waals surface area contributed by atoms with E-state index in [4.69, 9.17) is 23.8 Å². The number of ketones is 1. The van der Waals surface area contributed by atoms with Crippen molar-refractivity contribution in [3.05, 3.63) is 93.3 Å². The lowest BCUT2D eigenvalue weighted by molar-refractivity contribution is -1.04. The van der Waals surface area contributed by atoms with Gasteiger partial charge < -0.3 is 34.2 Å². The summed E-state index contributed by atoms with van der Waals surface area (Å²) >= 11 is 0. The summed E-state index contributed by atoms with van der Waals surface area (Å²) in [6, 6.07) is 10.9. The number of nitrogens with one attached hydrogen (secondary N) is 1. The first kappa shape index (κ1) is 37.0. The van der Waals surface area contributed by atoms with E-state index < -0.39 is 40.3 Å². The molecule has 262 valence electrons. The maximum Gasteiger partial charge on any atom is 0.398 e. The first-order valence-corrected chi connectivity index (χ1v) is 15.9. The maximum atomic E-state index is 15.3. The largest absolute Gasteiger partial charge is 0.495 e. The van der Waals surface area contributed by atoms with E-state index in [9.17, 15) is 24.3 Å². The number of ether oxygens (including phenoxy) is 4. The molecule has 0 bridgehead atoms.